The Labute approximate surface area is 763 Å². The zero-order valence-electron chi connectivity index (χ0n) is 68.6. The first-order chi connectivity index (χ1) is 62.9. The minimum atomic E-state index is -1.07. The molecule has 0 atom stereocenters. The molecule has 4 aliphatic heterocycles. The van der Waals surface area contributed by atoms with Gasteiger partial charge in [-0.2, -0.15) is 0 Å². The molecule has 17 rings (SSSR count). The van der Waals surface area contributed by atoms with Crippen LogP contribution >= 0.6 is 46.4 Å². The van der Waals surface area contributed by atoms with Crippen molar-refractivity contribution in [2.45, 2.75) is 56.3 Å². The minimum Gasteiger partial charge on any atom is -0.487 e. The zero-order valence-corrected chi connectivity index (χ0v) is 71.6. The number of nitrogens with zero attached hydrogens (tertiary/aromatic N) is 10. The number of pyridine rings is 6. The summed E-state index contributed by atoms with van der Waals surface area (Å²) in [7, 11) is 0. The lowest BCUT2D eigenvalue weighted by molar-refractivity contribution is 0.0685. The molecule has 5 fully saturated rings. The van der Waals surface area contributed by atoms with E-state index < -0.39 is 47.0 Å². The number of anilines is 4. The number of rotatable bonds is 28. The molecular weight excluding hydrogens is 1790 g/mol. The average molecular weight is 1860 g/mol. The van der Waals surface area contributed by atoms with Crippen molar-refractivity contribution in [2.75, 3.05) is 72.0 Å². The number of carboxylic acid groups (broad SMARTS) is 4. The van der Waals surface area contributed by atoms with Crippen LogP contribution < -0.4 is 55.1 Å². The third-order valence-corrected chi connectivity index (χ3v) is 22.0. The molecule has 8 N–H and O–H groups in total. The quantitative estimate of drug-likeness (QED) is 0.0167. The Bertz CT molecular complexity index is 5860. The molecule has 10 heterocycles. The van der Waals surface area contributed by atoms with Gasteiger partial charge in [-0.15, -0.1) is 0 Å². The highest BCUT2D eigenvalue weighted by Gasteiger charge is 2.47. The SMILES string of the molecule is O=C(O)c1ccc(C2(NC(=O)c3cc(Cl)cnc3N3CC(C(=O)c4cccc(F)c4)C3)CC2)cc1.O=C(O)c1ccc(CNC(=O)c2cc(Cl)cnc2N2CC(Oc3cccc(F)c3)C2)cc1.O=C(O)c1ccc(CNC(=O)c2cc(Cl)cnc2N2CC(Oc3cccc(F)c3)C2)nc1.O=C(O)c1ccc(CNC(=O)c2cc(Cl)cnc2N2CC(Oc3cccc(F)c3)C2)nc1. The van der Waals surface area contributed by atoms with Gasteiger partial charge < -0.3 is 75.5 Å². The van der Waals surface area contributed by atoms with Crippen LogP contribution in [0.4, 0.5) is 40.8 Å². The van der Waals surface area contributed by atoms with E-state index in [2.05, 4.69) is 51.2 Å². The van der Waals surface area contributed by atoms with Crippen LogP contribution in [-0.2, 0) is 25.2 Å². The van der Waals surface area contributed by atoms with Gasteiger partial charge in [0.1, 0.15) is 82.1 Å². The molecule has 12 aromatic rings. The van der Waals surface area contributed by atoms with Crippen molar-refractivity contribution in [3.05, 3.63) is 347 Å². The number of aromatic nitrogens is 6. The second kappa shape index (κ2) is 41.5. The number of carbonyl (C=O) groups excluding carboxylic acids is 5. The monoisotopic (exact) mass is 1860 g/mol. The van der Waals surface area contributed by atoms with Crippen molar-refractivity contribution >= 4 is 123 Å². The highest BCUT2D eigenvalue weighted by molar-refractivity contribution is 6.32. The van der Waals surface area contributed by atoms with Crippen LogP contribution in [0.1, 0.15) is 129 Å². The van der Waals surface area contributed by atoms with E-state index in [1.54, 1.807) is 78.9 Å². The van der Waals surface area contributed by atoms with E-state index in [0.29, 0.717) is 152 Å². The summed E-state index contributed by atoms with van der Waals surface area (Å²) in [5, 5.41) is 48.6. The zero-order chi connectivity index (χ0) is 92.7. The van der Waals surface area contributed by atoms with Gasteiger partial charge in [0.15, 0.2) is 5.78 Å². The summed E-state index contributed by atoms with van der Waals surface area (Å²) in [5.74, 6) is -4.55. The smallest absolute Gasteiger partial charge is 0.337 e. The number of ketones is 1. The number of benzene rings is 6. The number of hydrogen-bond acceptors (Lipinski definition) is 22. The number of halogens is 8. The molecule has 5 aliphatic rings. The number of hydrogen-bond donors (Lipinski definition) is 8. The molecule has 670 valence electrons. The van der Waals surface area contributed by atoms with Crippen molar-refractivity contribution < 1.29 is 95.3 Å². The number of carbonyl (C=O) groups is 9. The summed E-state index contributed by atoms with van der Waals surface area (Å²) in [6.45, 7) is 4.02. The molecular formula is C93H76Cl4F4N14O16. The molecule has 6 aromatic heterocycles. The van der Waals surface area contributed by atoms with Crippen molar-refractivity contribution in [3.8, 4) is 17.2 Å². The summed E-state index contributed by atoms with van der Waals surface area (Å²) in [5.41, 5.74) is 4.04. The van der Waals surface area contributed by atoms with Crippen molar-refractivity contribution in [2.24, 2.45) is 5.92 Å². The molecule has 1 aliphatic carbocycles. The van der Waals surface area contributed by atoms with Crippen LogP contribution in [-0.4, -0.2) is 174 Å². The molecule has 38 heteroatoms. The van der Waals surface area contributed by atoms with E-state index >= 15 is 0 Å². The number of nitrogens with one attached hydrogen (secondary N) is 4. The van der Waals surface area contributed by atoms with Gasteiger partial charge >= 0.3 is 23.9 Å². The normalized spacial score (nSPS) is 14.2. The molecule has 4 saturated heterocycles. The molecule has 0 unspecified atom stereocenters. The Balaban J connectivity index is 0.000000141. The molecule has 4 amide bonds. The van der Waals surface area contributed by atoms with E-state index in [1.807, 2.05) is 19.6 Å². The number of aromatic carboxylic acids is 4. The van der Waals surface area contributed by atoms with Gasteiger partial charge in [-0.1, -0.05) is 101 Å². The lowest BCUT2D eigenvalue weighted by Gasteiger charge is -2.40. The largest absolute Gasteiger partial charge is 0.487 e. The summed E-state index contributed by atoms with van der Waals surface area (Å²) < 4.78 is 70.7. The minimum absolute atomic E-state index is 0.0641. The summed E-state index contributed by atoms with van der Waals surface area (Å²) >= 11 is 24.3. The third kappa shape index (κ3) is 23.9. The fourth-order valence-electron chi connectivity index (χ4n) is 14.1. The first-order valence-electron chi connectivity index (χ1n) is 40.3. The fraction of sp³-hybridized carbons (Fsp3) is 0.194. The van der Waals surface area contributed by atoms with Crippen molar-refractivity contribution in [1.82, 2.24) is 51.2 Å². The van der Waals surface area contributed by atoms with Crippen LogP contribution in [0.3, 0.4) is 0 Å². The predicted octanol–water partition coefficient (Wildman–Crippen LogP) is 14.4. The highest BCUT2D eigenvalue weighted by atomic mass is 35.5. The third-order valence-electron chi connectivity index (χ3n) is 21.2. The van der Waals surface area contributed by atoms with Crippen molar-refractivity contribution in [3.63, 3.8) is 0 Å². The molecule has 30 nitrogen and oxygen atoms in total. The van der Waals surface area contributed by atoms with Crippen LogP contribution in [0.15, 0.2) is 231 Å². The van der Waals surface area contributed by atoms with Crippen molar-refractivity contribution in [1.29, 1.82) is 0 Å². The maximum Gasteiger partial charge on any atom is 0.337 e. The second-order valence-electron chi connectivity index (χ2n) is 30.5. The van der Waals surface area contributed by atoms with Gasteiger partial charge in [0.05, 0.1) is 140 Å². The molecule has 0 bridgehead atoms. The Kier molecular flexibility index (Phi) is 29.2. The first kappa shape index (κ1) is 92.3. The van der Waals surface area contributed by atoms with Gasteiger partial charge in [-0.05, 0) is 145 Å². The highest BCUT2D eigenvalue weighted by Crippen LogP contribution is 2.46. The Morgan fingerprint density at radius 1 is 0.351 bits per heavy atom. The first-order valence-corrected chi connectivity index (χ1v) is 41.8. The topological polar surface area (TPSA) is 401 Å². The number of Topliss-reactive ketones (excluding diaryl/α,β-unsaturated/α-hetero) is 1. The maximum absolute atomic E-state index is 13.5. The average Bonchev–Trinajstić information content (AvgIpc) is 1.55. The van der Waals surface area contributed by atoms with Gasteiger partial charge in [0.25, 0.3) is 23.6 Å². The van der Waals surface area contributed by atoms with E-state index in [1.165, 1.54) is 152 Å². The van der Waals surface area contributed by atoms with Gasteiger partial charge in [-0.3, -0.25) is 33.9 Å². The van der Waals surface area contributed by atoms with E-state index in [-0.39, 0.29) is 101 Å². The number of carboxylic acids is 4. The van der Waals surface area contributed by atoms with Gasteiger partial charge in [0, 0.05) is 80.6 Å². The van der Waals surface area contributed by atoms with Gasteiger partial charge in [-0.25, -0.2) is 56.7 Å². The Morgan fingerprint density at radius 2 is 0.672 bits per heavy atom. The number of amides is 4. The molecule has 1 saturated carbocycles. The van der Waals surface area contributed by atoms with Crippen LogP contribution in [0.2, 0.25) is 20.1 Å². The van der Waals surface area contributed by atoms with E-state index in [4.69, 9.17) is 81.0 Å². The van der Waals surface area contributed by atoms with Gasteiger partial charge in [0.2, 0.25) is 0 Å². The lowest BCUT2D eigenvalue weighted by atomic mass is 9.90. The molecule has 0 radical (unpaired) electrons. The number of ether oxygens (including phenoxy) is 3. The Morgan fingerprint density at radius 3 is 1.00 bits per heavy atom. The van der Waals surface area contributed by atoms with Crippen LogP contribution in [0, 0.1) is 29.2 Å². The summed E-state index contributed by atoms with van der Waals surface area (Å²) in [4.78, 5) is 141. The fourth-order valence-corrected chi connectivity index (χ4v) is 14.7. The summed E-state index contributed by atoms with van der Waals surface area (Å²) in [6, 6.07) is 48.2. The van der Waals surface area contributed by atoms with Crippen LogP contribution in [0.5, 0.6) is 17.2 Å². The van der Waals surface area contributed by atoms with E-state index in [9.17, 15) is 60.7 Å². The summed E-state index contributed by atoms with van der Waals surface area (Å²) in [6.07, 6.45) is 9.27. The second-order valence-corrected chi connectivity index (χ2v) is 32.3. The van der Waals surface area contributed by atoms with E-state index in [0.717, 1.165) is 24.0 Å². The lowest BCUT2D eigenvalue weighted by Crippen LogP contribution is -2.54. The van der Waals surface area contributed by atoms with Crippen LogP contribution in [0.25, 0.3) is 0 Å². The maximum atomic E-state index is 13.5. The molecule has 6 aromatic carbocycles. The standard InChI is InChI=1S/C26H21ClFN3O4.C23H19ClFN3O4.2C22H18ClFN4O4/c27-19-11-21(24(33)30-26(8-9-26)18-6-4-15(5-7-18)25(34)35)23(29-12-19)31-13-17(14-31)22(32)16-2-1-3-20(28)10-16;24-16-8-20(22(29)27-10-14-4-6-15(7-5-14)23(30)31)21(26-11-16)28-12-19(13-28)32-18-3-1-2-17(25)9-18;2*23-14-6-19(21(29)27-10-16-5-4-13(8-25-16)22(30)31)20(26-9-14)28-11-18(12-28)32-17-3-1-2-15(24)7-17/h1-7,10-12,17H,8-9,13-14H2,(H,30,33)(H,34,35);1-9,11,19H,10,12-13H2,(H,27,29)(H,30,31);2*1-9,18H,10-12H2,(H,27,29)(H,30,31). The molecule has 0 spiro atoms. The Hall–Kier alpha value is -14.9. The predicted molar refractivity (Wildman–Crippen MR) is 474 cm³/mol. The molecule has 131 heavy (non-hydrogen) atoms.